The lowest BCUT2D eigenvalue weighted by Crippen LogP contribution is -2.49. The monoisotopic (exact) mass is 468 g/mol. The number of anilines is 1. The predicted molar refractivity (Wildman–Crippen MR) is 117 cm³/mol. The molecule has 4 rings (SSSR count). The highest BCUT2D eigenvalue weighted by atomic mass is 35.5. The Labute approximate surface area is 185 Å². The van der Waals surface area contributed by atoms with Crippen molar-refractivity contribution < 1.29 is 4.79 Å². The summed E-state index contributed by atoms with van der Waals surface area (Å²) in [4.78, 5) is 29.0. The highest BCUT2D eigenvalue weighted by Gasteiger charge is 2.26. The van der Waals surface area contributed by atoms with Crippen LogP contribution in [0.2, 0.25) is 13.7 Å². The van der Waals surface area contributed by atoms with Crippen LogP contribution in [0.25, 0.3) is 5.69 Å². The van der Waals surface area contributed by atoms with Gasteiger partial charge in [-0.05, 0) is 18.2 Å². The van der Waals surface area contributed by atoms with Crippen molar-refractivity contribution in [2.75, 3.05) is 31.1 Å². The molecule has 1 aromatic carbocycles. The number of nitrogens with zero attached hydrogens (tertiary/aromatic N) is 4. The predicted octanol–water partition coefficient (Wildman–Crippen LogP) is 4.22. The Morgan fingerprint density at radius 1 is 1.03 bits per heavy atom. The molecule has 2 aromatic heterocycles. The van der Waals surface area contributed by atoms with Crippen LogP contribution in [0, 0.1) is 0 Å². The SMILES string of the molecule is O=C(c1cc(Cl)sc1Cl)N1CCN(c2cnn(-c3ccccc3)c(=O)c2Cl)CC1. The summed E-state index contributed by atoms with van der Waals surface area (Å²) in [6.45, 7) is 2.00. The number of benzene rings is 1. The molecule has 3 aromatic rings. The lowest BCUT2D eigenvalue weighted by Gasteiger charge is -2.36. The summed E-state index contributed by atoms with van der Waals surface area (Å²) in [5, 5.41) is 4.38. The first-order valence-electron chi connectivity index (χ1n) is 8.78. The quantitative estimate of drug-likeness (QED) is 0.576. The maximum absolute atomic E-state index is 12.7. The van der Waals surface area contributed by atoms with E-state index < -0.39 is 0 Å². The molecule has 150 valence electrons. The minimum atomic E-state index is -0.381. The third-order valence-electron chi connectivity index (χ3n) is 4.70. The molecule has 0 saturated carbocycles. The van der Waals surface area contributed by atoms with E-state index in [-0.39, 0.29) is 16.5 Å². The van der Waals surface area contributed by atoms with Crippen molar-refractivity contribution in [1.82, 2.24) is 14.7 Å². The van der Waals surface area contributed by atoms with Crippen LogP contribution in [0.1, 0.15) is 10.4 Å². The number of para-hydroxylation sites is 1. The molecule has 29 heavy (non-hydrogen) atoms. The largest absolute Gasteiger partial charge is 0.365 e. The summed E-state index contributed by atoms with van der Waals surface area (Å²) >= 11 is 19.6. The molecular weight excluding hydrogens is 455 g/mol. The smallest absolute Gasteiger partial charge is 0.292 e. The Bertz CT molecular complexity index is 1110. The van der Waals surface area contributed by atoms with Crippen molar-refractivity contribution in [3.8, 4) is 5.69 Å². The van der Waals surface area contributed by atoms with Gasteiger partial charge in [-0.15, -0.1) is 11.3 Å². The number of carbonyl (C=O) groups is 1. The second-order valence-electron chi connectivity index (χ2n) is 6.41. The van der Waals surface area contributed by atoms with Crippen molar-refractivity contribution in [2.45, 2.75) is 0 Å². The average molecular weight is 470 g/mol. The Morgan fingerprint density at radius 3 is 2.34 bits per heavy atom. The molecule has 0 unspecified atom stereocenters. The van der Waals surface area contributed by atoms with Gasteiger partial charge in [0.05, 0.1) is 27.5 Å². The minimum absolute atomic E-state index is 0.108. The molecule has 10 heteroatoms. The lowest BCUT2D eigenvalue weighted by molar-refractivity contribution is 0.0747. The van der Waals surface area contributed by atoms with Gasteiger partial charge in [0, 0.05) is 26.2 Å². The van der Waals surface area contributed by atoms with Crippen molar-refractivity contribution in [1.29, 1.82) is 0 Å². The molecule has 1 aliphatic heterocycles. The second-order valence-corrected chi connectivity index (χ2v) is 9.08. The van der Waals surface area contributed by atoms with Gasteiger partial charge in [0.15, 0.2) is 0 Å². The number of thiophene rings is 1. The van der Waals surface area contributed by atoms with E-state index in [1.54, 1.807) is 29.3 Å². The van der Waals surface area contributed by atoms with Crippen molar-refractivity contribution in [3.05, 3.63) is 72.2 Å². The summed E-state index contributed by atoms with van der Waals surface area (Å²) in [5.74, 6) is -0.151. The fourth-order valence-corrected chi connectivity index (χ4v) is 4.90. The van der Waals surface area contributed by atoms with Crippen LogP contribution in [0.15, 0.2) is 47.4 Å². The van der Waals surface area contributed by atoms with Crippen LogP contribution in [0.3, 0.4) is 0 Å². The van der Waals surface area contributed by atoms with Gasteiger partial charge < -0.3 is 9.80 Å². The van der Waals surface area contributed by atoms with E-state index in [9.17, 15) is 9.59 Å². The molecule has 1 aliphatic rings. The highest BCUT2D eigenvalue weighted by molar-refractivity contribution is 7.20. The van der Waals surface area contributed by atoms with Crippen molar-refractivity contribution in [2.24, 2.45) is 0 Å². The van der Waals surface area contributed by atoms with E-state index >= 15 is 0 Å². The fraction of sp³-hybridized carbons (Fsp3) is 0.211. The number of hydrogen-bond donors (Lipinski definition) is 0. The van der Waals surface area contributed by atoms with Gasteiger partial charge in [-0.2, -0.15) is 9.78 Å². The molecule has 0 radical (unpaired) electrons. The number of rotatable bonds is 3. The van der Waals surface area contributed by atoms with Crippen LogP contribution in [-0.4, -0.2) is 46.8 Å². The number of halogens is 3. The number of carbonyl (C=O) groups excluding carboxylic acids is 1. The van der Waals surface area contributed by atoms with E-state index in [4.69, 9.17) is 34.8 Å². The summed E-state index contributed by atoms with van der Waals surface area (Å²) in [6.07, 6.45) is 1.59. The van der Waals surface area contributed by atoms with Crippen LogP contribution in [0.5, 0.6) is 0 Å². The standard InChI is InChI=1S/C19H15Cl3N4O2S/c20-15-10-13(17(22)29-15)18(27)25-8-6-24(7-9-25)14-11-23-26(19(28)16(14)21)12-4-2-1-3-5-12/h1-5,10-11H,6-9H2. The zero-order valence-corrected chi connectivity index (χ0v) is 18.1. The maximum atomic E-state index is 12.7. The van der Waals surface area contributed by atoms with Gasteiger partial charge in [0.1, 0.15) is 9.36 Å². The zero-order valence-electron chi connectivity index (χ0n) is 15.0. The van der Waals surface area contributed by atoms with E-state index in [1.165, 1.54) is 16.0 Å². The Hall–Kier alpha value is -2.06. The topological polar surface area (TPSA) is 58.4 Å². The van der Waals surface area contributed by atoms with Gasteiger partial charge in [0.2, 0.25) is 0 Å². The summed E-state index contributed by atoms with van der Waals surface area (Å²) in [6, 6.07) is 10.7. The maximum Gasteiger partial charge on any atom is 0.292 e. The summed E-state index contributed by atoms with van der Waals surface area (Å²) in [5.41, 5.74) is 1.24. The van der Waals surface area contributed by atoms with Crippen LogP contribution in [0.4, 0.5) is 5.69 Å². The van der Waals surface area contributed by atoms with E-state index in [1.807, 2.05) is 23.1 Å². The number of piperazine rings is 1. The minimum Gasteiger partial charge on any atom is -0.365 e. The van der Waals surface area contributed by atoms with Crippen LogP contribution in [-0.2, 0) is 0 Å². The first kappa shape index (κ1) is 20.2. The molecule has 1 amide bonds. The van der Waals surface area contributed by atoms with Crippen LogP contribution >= 0.6 is 46.1 Å². The van der Waals surface area contributed by atoms with E-state index in [0.29, 0.717) is 51.8 Å². The van der Waals surface area contributed by atoms with Gasteiger partial charge in [-0.1, -0.05) is 53.0 Å². The van der Waals surface area contributed by atoms with Crippen molar-refractivity contribution >= 4 is 57.7 Å². The first-order chi connectivity index (χ1) is 14.0. The number of hydrogen-bond acceptors (Lipinski definition) is 5. The van der Waals surface area contributed by atoms with E-state index in [0.717, 1.165) is 0 Å². The summed E-state index contributed by atoms with van der Waals surface area (Å²) < 4.78 is 2.14. The number of amides is 1. The van der Waals surface area contributed by atoms with Crippen molar-refractivity contribution in [3.63, 3.8) is 0 Å². The van der Waals surface area contributed by atoms with Gasteiger partial charge in [-0.25, -0.2) is 0 Å². The Kier molecular flexibility index (Phi) is 5.83. The molecule has 1 fully saturated rings. The molecule has 0 N–H and O–H groups in total. The third kappa shape index (κ3) is 4.00. The third-order valence-corrected chi connectivity index (χ3v) is 6.54. The second kappa shape index (κ2) is 8.36. The zero-order chi connectivity index (χ0) is 20.5. The van der Waals surface area contributed by atoms with Gasteiger partial charge in [0.25, 0.3) is 11.5 Å². The molecule has 0 spiro atoms. The molecule has 0 aliphatic carbocycles. The fourth-order valence-electron chi connectivity index (χ4n) is 3.20. The van der Waals surface area contributed by atoms with E-state index in [2.05, 4.69) is 5.10 Å². The number of aromatic nitrogens is 2. The molecular formula is C19H15Cl3N4O2S. The van der Waals surface area contributed by atoms with Gasteiger partial charge >= 0.3 is 0 Å². The van der Waals surface area contributed by atoms with Gasteiger partial charge in [-0.3, -0.25) is 9.59 Å². The molecule has 0 atom stereocenters. The Morgan fingerprint density at radius 2 is 1.72 bits per heavy atom. The molecule has 3 heterocycles. The summed E-state index contributed by atoms with van der Waals surface area (Å²) in [7, 11) is 0. The normalized spacial score (nSPS) is 14.3. The van der Waals surface area contributed by atoms with Crippen LogP contribution < -0.4 is 10.5 Å². The Balaban J connectivity index is 1.50. The molecule has 6 nitrogen and oxygen atoms in total. The highest BCUT2D eigenvalue weighted by Crippen LogP contribution is 2.32. The first-order valence-corrected chi connectivity index (χ1v) is 10.7. The molecule has 1 saturated heterocycles. The average Bonchev–Trinajstić information content (AvgIpc) is 3.08. The molecule has 0 bridgehead atoms. The lowest BCUT2D eigenvalue weighted by atomic mass is 10.2.